The number of amides is 3. The van der Waals surface area contributed by atoms with Crippen LogP contribution in [0.5, 0.6) is 0 Å². The molecule has 13 heteroatoms. The molecule has 0 saturated carbocycles. The van der Waals surface area contributed by atoms with Crippen LogP contribution in [0.4, 0.5) is 16.4 Å². The zero-order valence-corrected chi connectivity index (χ0v) is 25.6. The van der Waals surface area contributed by atoms with Crippen LogP contribution in [0, 0.1) is 0 Å². The average molecular weight is 593 g/mol. The molecule has 0 radical (unpaired) electrons. The van der Waals surface area contributed by atoms with E-state index in [4.69, 9.17) is 10.5 Å². The second kappa shape index (κ2) is 12.1. The number of imidazole rings is 1. The van der Waals surface area contributed by atoms with Crippen LogP contribution in [-0.2, 0) is 30.8 Å². The number of aromatic nitrogens is 4. The minimum Gasteiger partial charge on any atom is -0.444 e. The van der Waals surface area contributed by atoms with Gasteiger partial charge in [-0.15, -0.1) is 0 Å². The monoisotopic (exact) mass is 592 g/mol. The van der Waals surface area contributed by atoms with Crippen molar-refractivity contribution in [2.75, 3.05) is 30.7 Å². The minimum atomic E-state index is -0.556. The lowest BCUT2D eigenvalue weighted by Crippen LogP contribution is -2.47. The van der Waals surface area contributed by atoms with Gasteiger partial charge in [0.1, 0.15) is 18.0 Å². The van der Waals surface area contributed by atoms with E-state index in [2.05, 4.69) is 42.0 Å². The molecular formula is C30H42N9O4+. The molecule has 0 aliphatic carbocycles. The Labute approximate surface area is 251 Å². The van der Waals surface area contributed by atoms with Crippen LogP contribution in [-0.4, -0.2) is 68.6 Å². The number of hydrogen-bond acceptors (Lipinski definition) is 8. The predicted molar refractivity (Wildman–Crippen MR) is 162 cm³/mol. The number of anilines is 2. The Morgan fingerprint density at radius 1 is 1.16 bits per heavy atom. The van der Waals surface area contributed by atoms with E-state index in [-0.39, 0.29) is 35.9 Å². The molecular weight excluding hydrogens is 550 g/mol. The van der Waals surface area contributed by atoms with Crippen LogP contribution in [0.15, 0.2) is 18.2 Å². The summed E-state index contributed by atoms with van der Waals surface area (Å²) in [4.78, 5) is 49.4. The summed E-state index contributed by atoms with van der Waals surface area (Å²) in [5, 5.41) is 9.02. The number of carbonyl (C=O) groups excluding carboxylic acids is 3. The van der Waals surface area contributed by atoms with E-state index in [1.165, 1.54) is 0 Å². The summed E-state index contributed by atoms with van der Waals surface area (Å²) in [6, 6.07) is 5.73. The maximum atomic E-state index is 13.5. The SMILES string of the molecule is CCn1c(CNC(=O)c2nc3c(nc2N)NCC3)[n+](CC)c2ccc(C(=O)N3CCC(NC(=O)OC(C)(C)C)CC3)cc21. The highest BCUT2D eigenvalue weighted by atomic mass is 16.6. The van der Waals surface area contributed by atoms with E-state index in [0.717, 1.165) is 29.1 Å². The van der Waals surface area contributed by atoms with Gasteiger partial charge >= 0.3 is 6.09 Å². The quantitative estimate of drug-likeness (QED) is 0.304. The van der Waals surface area contributed by atoms with Crippen molar-refractivity contribution in [2.24, 2.45) is 0 Å². The summed E-state index contributed by atoms with van der Waals surface area (Å²) >= 11 is 0. The van der Waals surface area contributed by atoms with E-state index in [0.29, 0.717) is 56.8 Å². The van der Waals surface area contributed by atoms with Crippen molar-refractivity contribution in [3.8, 4) is 0 Å². The number of benzene rings is 1. The van der Waals surface area contributed by atoms with Crippen molar-refractivity contribution >= 4 is 40.6 Å². The first-order valence-electron chi connectivity index (χ1n) is 15.0. The van der Waals surface area contributed by atoms with Gasteiger partial charge in [-0.05, 0) is 59.6 Å². The normalized spacial score (nSPS) is 15.2. The molecule has 43 heavy (non-hydrogen) atoms. The van der Waals surface area contributed by atoms with Gasteiger partial charge in [0.15, 0.2) is 22.5 Å². The van der Waals surface area contributed by atoms with Crippen LogP contribution in [0.1, 0.15) is 79.8 Å². The third-order valence-electron chi connectivity index (χ3n) is 7.83. The van der Waals surface area contributed by atoms with Crippen molar-refractivity contribution in [3.63, 3.8) is 0 Å². The first-order chi connectivity index (χ1) is 20.5. The van der Waals surface area contributed by atoms with Gasteiger partial charge in [0.25, 0.3) is 17.6 Å². The Morgan fingerprint density at radius 2 is 1.91 bits per heavy atom. The van der Waals surface area contributed by atoms with Gasteiger partial charge in [0, 0.05) is 43.7 Å². The standard InChI is InChI=1S/C30H41N9O4/c1-6-38-21-9-8-18(28(41)37-14-11-19(12-15-37)34-29(42)43-30(3,4)5)16-22(21)39(7-2)23(38)17-33-27(40)24-25(31)36-26-20(35-24)10-13-32-26/h8-9,16,19H,6-7,10-15,17H2,1-5H3,(H4-,31,32,33,34,36,40,42)/p+1. The number of alkyl carbamates (subject to hydrolysis) is 1. The van der Waals surface area contributed by atoms with Crippen LogP contribution in [0.2, 0.25) is 0 Å². The molecule has 0 atom stereocenters. The molecule has 0 unspecified atom stereocenters. The molecule has 1 saturated heterocycles. The van der Waals surface area contributed by atoms with Crippen LogP contribution in [0.25, 0.3) is 11.0 Å². The lowest BCUT2D eigenvalue weighted by molar-refractivity contribution is -0.676. The number of nitrogens with two attached hydrogens (primary N) is 1. The Kier molecular flexibility index (Phi) is 8.43. The second-order valence-electron chi connectivity index (χ2n) is 11.9. The zero-order valence-electron chi connectivity index (χ0n) is 25.6. The van der Waals surface area contributed by atoms with Crippen LogP contribution >= 0.6 is 0 Å². The minimum absolute atomic E-state index is 0.0326. The summed E-state index contributed by atoms with van der Waals surface area (Å²) in [6.07, 6.45) is 1.59. The molecule has 5 rings (SSSR count). The molecule has 4 heterocycles. The second-order valence-corrected chi connectivity index (χ2v) is 11.9. The molecule has 3 amide bonds. The number of carbonyl (C=O) groups is 3. The van der Waals surface area contributed by atoms with E-state index in [1.54, 1.807) is 0 Å². The number of nitrogens with one attached hydrogen (secondary N) is 3. The Morgan fingerprint density at radius 3 is 2.58 bits per heavy atom. The van der Waals surface area contributed by atoms with Crippen molar-refractivity contribution in [2.45, 2.75) is 85.2 Å². The highest BCUT2D eigenvalue weighted by Gasteiger charge is 2.29. The third-order valence-corrected chi connectivity index (χ3v) is 7.83. The fraction of sp³-hybridized carbons (Fsp3) is 0.533. The first-order valence-corrected chi connectivity index (χ1v) is 15.0. The molecule has 13 nitrogen and oxygen atoms in total. The van der Waals surface area contributed by atoms with E-state index in [1.807, 2.05) is 50.8 Å². The molecule has 0 spiro atoms. The maximum absolute atomic E-state index is 13.5. The van der Waals surface area contributed by atoms with Gasteiger partial charge in [-0.1, -0.05) is 0 Å². The first kappa shape index (κ1) is 30.1. The lowest BCUT2D eigenvalue weighted by atomic mass is 10.0. The number of ether oxygens (including phenoxy) is 1. The van der Waals surface area contributed by atoms with Gasteiger partial charge in [-0.2, -0.15) is 0 Å². The van der Waals surface area contributed by atoms with Crippen molar-refractivity contribution in [1.29, 1.82) is 0 Å². The fourth-order valence-electron chi connectivity index (χ4n) is 5.81. The van der Waals surface area contributed by atoms with Gasteiger partial charge < -0.3 is 31.3 Å². The highest BCUT2D eigenvalue weighted by molar-refractivity contribution is 5.98. The molecule has 230 valence electrons. The van der Waals surface area contributed by atoms with E-state index in [9.17, 15) is 14.4 Å². The Balaban J connectivity index is 1.30. The largest absolute Gasteiger partial charge is 0.444 e. The summed E-state index contributed by atoms with van der Waals surface area (Å²) in [5.41, 5.74) is 8.87. The third kappa shape index (κ3) is 6.35. The topological polar surface area (TPSA) is 160 Å². The maximum Gasteiger partial charge on any atom is 0.407 e. The molecule has 1 fully saturated rings. The highest BCUT2D eigenvalue weighted by Crippen LogP contribution is 2.22. The van der Waals surface area contributed by atoms with Gasteiger partial charge in [-0.25, -0.2) is 23.9 Å². The molecule has 2 aromatic heterocycles. The van der Waals surface area contributed by atoms with Crippen molar-refractivity contribution < 1.29 is 23.7 Å². The van der Waals surface area contributed by atoms with E-state index < -0.39 is 11.7 Å². The smallest absolute Gasteiger partial charge is 0.407 e. The van der Waals surface area contributed by atoms with Gasteiger partial charge in [-0.3, -0.25) is 9.59 Å². The van der Waals surface area contributed by atoms with Crippen molar-refractivity contribution in [1.82, 2.24) is 30.1 Å². The van der Waals surface area contributed by atoms with E-state index >= 15 is 0 Å². The van der Waals surface area contributed by atoms with Gasteiger partial charge in [0.2, 0.25) is 0 Å². The Bertz CT molecular complexity index is 1550. The summed E-state index contributed by atoms with van der Waals surface area (Å²) < 4.78 is 9.63. The predicted octanol–water partition coefficient (Wildman–Crippen LogP) is 2.37. The van der Waals surface area contributed by atoms with Crippen LogP contribution in [0.3, 0.4) is 0 Å². The summed E-state index contributed by atoms with van der Waals surface area (Å²) in [6.45, 7) is 13.0. The molecule has 0 bridgehead atoms. The zero-order chi connectivity index (χ0) is 30.9. The number of aryl methyl sites for hydroxylation is 2. The number of hydrogen-bond donors (Lipinski definition) is 4. The number of piperidine rings is 1. The Hall–Kier alpha value is -4.42. The molecule has 2 aliphatic heterocycles. The number of fused-ring (bicyclic) bond motifs is 2. The molecule has 5 N–H and O–H groups in total. The van der Waals surface area contributed by atoms with Gasteiger partial charge in [0.05, 0.1) is 18.8 Å². The number of likely N-dealkylation sites (tertiary alicyclic amines) is 1. The lowest BCUT2D eigenvalue weighted by Gasteiger charge is -2.33. The summed E-state index contributed by atoms with van der Waals surface area (Å²) in [7, 11) is 0. The number of nitrogens with zero attached hydrogens (tertiary/aromatic N) is 5. The van der Waals surface area contributed by atoms with Crippen LogP contribution < -0.4 is 26.3 Å². The molecule has 3 aromatic rings. The fourth-order valence-corrected chi connectivity index (χ4v) is 5.81. The molecule has 1 aromatic carbocycles. The number of nitrogen functional groups attached to an aromatic ring is 1. The number of rotatable bonds is 7. The molecule has 2 aliphatic rings. The summed E-state index contributed by atoms with van der Waals surface area (Å²) in [5.74, 6) is 1.21. The van der Waals surface area contributed by atoms with Crippen molar-refractivity contribution in [3.05, 3.63) is 41.0 Å². The average Bonchev–Trinajstić information content (AvgIpc) is 3.54.